The summed E-state index contributed by atoms with van der Waals surface area (Å²) in [5, 5.41) is 9.31. The van der Waals surface area contributed by atoms with Crippen LogP contribution in [0.15, 0.2) is 72.8 Å². The van der Waals surface area contributed by atoms with Crippen LogP contribution >= 0.6 is 11.6 Å². The Hall–Kier alpha value is -3.11. The Bertz CT molecular complexity index is 1200. The molecule has 28 heavy (non-hydrogen) atoms. The number of halogens is 1. The molecule has 4 aromatic rings. The number of carbonyl (C=O) groups excluding carboxylic acids is 1. The highest BCUT2D eigenvalue weighted by atomic mass is 35.5. The van der Waals surface area contributed by atoms with E-state index in [-0.39, 0.29) is 12.3 Å². The van der Waals surface area contributed by atoms with Gasteiger partial charge in [0.15, 0.2) is 5.78 Å². The molecule has 1 heterocycles. The van der Waals surface area contributed by atoms with E-state index in [2.05, 4.69) is 31.2 Å². The summed E-state index contributed by atoms with van der Waals surface area (Å²) >= 11 is 5.92. The molecule has 0 spiro atoms. The van der Waals surface area contributed by atoms with Gasteiger partial charge in [0.1, 0.15) is 0 Å². The second-order valence-corrected chi connectivity index (χ2v) is 7.34. The SMILES string of the molecule is Cc1ccc(Cn2c(=N)n(CC(=O)c3ccc(Cl)cc3)c3ccccc32)cc1. The fraction of sp³-hybridized carbons (Fsp3) is 0.130. The highest BCUT2D eigenvalue weighted by Crippen LogP contribution is 2.16. The Labute approximate surface area is 168 Å². The number of aromatic nitrogens is 2. The number of para-hydroxylation sites is 2. The molecule has 0 saturated carbocycles. The minimum atomic E-state index is -0.0478. The smallest absolute Gasteiger partial charge is 0.203 e. The topological polar surface area (TPSA) is 50.8 Å². The van der Waals surface area contributed by atoms with Crippen molar-refractivity contribution in [2.24, 2.45) is 0 Å². The van der Waals surface area contributed by atoms with Crippen molar-refractivity contribution in [1.29, 1.82) is 5.41 Å². The maximum atomic E-state index is 12.8. The molecule has 0 bridgehead atoms. The zero-order chi connectivity index (χ0) is 19.7. The van der Waals surface area contributed by atoms with Gasteiger partial charge in [0, 0.05) is 10.6 Å². The van der Waals surface area contributed by atoms with Gasteiger partial charge in [-0.15, -0.1) is 0 Å². The summed E-state index contributed by atoms with van der Waals surface area (Å²) in [5.41, 5.74) is 5.04. The summed E-state index contributed by atoms with van der Waals surface area (Å²) in [6.45, 7) is 2.75. The summed E-state index contributed by atoms with van der Waals surface area (Å²) in [6.07, 6.45) is 0. The number of hydrogen-bond donors (Lipinski definition) is 1. The second-order valence-electron chi connectivity index (χ2n) is 6.90. The van der Waals surface area contributed by atoms with E-state index in [0.29, 0.717) is 22.7 Å². The molecule has 4 nitrogen and oxygen atoms in total. The molecular formula is C23H20ClN3O. The van der Waals surface area contributed by atoms with E-state index < -0.39 is 0 Å². The molecule has 3 aromatic carbocycles. The maximum absolute atomic E-state index is 12.8. The molecular weight excluding hydrogens is 370 g/mol. The number of carbonyl (C=O) groups is 1. The van der Waals surface area contributed by atoms with Gasteiger partial charge in [0.25, 0.3) is 0 Å². The van der Waals surface area contributed by atoms with Gasteiger partial charge < -0.3 is 9.13 Å². The lowest BCUT2D eigenvalue weighted by Gasteiger charge is -2.06. The van der Waals surface area contributed by atoms with Crippen LogP contribution in [-0.2, 0) is 13.1 Å². The molecule has 0 aliphatic rings. The van der Waals surface area contributed by atoms with Crippen molar-refractivity contribution in [1.82, 2.24) is 9.13 Å². The number of benzene rings is 3. The van der Waals surface area contributed by atoms with Gasteiger partial charge in [-0.1, -0.05) is 53.6 Å². The summed E-state index contributed by atoms with van der Waals surface area (Å²) in [4.78, 5) is 12.8. The Kier molecular flexibility index (Phi) is 4.88. The third-order valence-electron chi connectivity index (χ3n) is 4.90. The number of ketones is 1. The lowest BCUT2D eigenvalue weighted by molar-refractivity contribution is 0.0971. The quantitative estimate of drug-likeness (QED) is 0.489. The normalized spacial score (nSPS) is 11.1. The molecule has 5 heteroatoms. The number of hydrogen-bond acceptors (Lipinski definition) is 2. The predicted molar refractivity (Wildman–Crippen MR) is 112 cm³/mol. The van der Waals surface area contributed by atoms with Crippen molar-refractivity contribution in [3.8, 4) is 0 Å². The minimum Gasteiger partial charge on any atom is -0.306 e. The third kappa shape index (κ3) is 3.51. The monoisotopic (exact) mass is 389 g/mol. The van der Waals surface area contributed by atoms with Gasteiger partial charge in [-0.05, 0) is 48.9 Å². The molecule has 0 atom stereocenters. The van der Waals surface area contributed by atoms with Crippen LogP contribution in [0.3, 0.4) is 0 Å². The molecule has 0 unspecified atom stereocenters. The van der Waals surface area contributed by atoms with Crippen LogP contribution in [0.1, 0.15) is 21.5 Å². The van der Waals surface area contributed by atoms with Crippen molar-refractivity contribution in [2.75, 3.05) is 0 Å². The first-order chi connectivity index (χ1) is 13.5. The lowest BCUT2D eigenvalue weighted by Crippen LogP contribution is -2.27. The van der Waals surface area contributed by atoms with Gasteiger partial charge in [-0.2, -0.15) is 0 Å². The van der Waals surface area contributed by atoms with E-state index in [1.54, 1.807) is 28.8 Å². The lowest BCUT2D eigenvalue weighted by atomic mass is 10.1. The van der Waals surface area contributed by atoms with Crippen LogP contribution in [0.4, 0.5) is 0 Å². The third-order valence-corrected chi connectivity index (χ3v) is 5.16. The number of nitrogens with zero attached hydrogens (tertiary/aromatic N) is 2. The molecule has 0 amide bonds. The van der Waals surface area contributed by atoms with E-state index >= 15 is 0 Å². The molecule has 0 saturated heterocycles. The number of fused-ring (bicyclic) bond motifs is 1. The van der Waals surface area contributed by atoms with Crippen molar-refractivity contribution in [3.05, 3.63) is 100 Å². The Morgan fingerprint density at radius 3 is 2.14 bits per heavy atom. The maximum Gasteiger partial charge on any atom is 0.203 e. The fourth-order valence-corrected chi connectivity index (χ4v) is 3.49. The van der Waals surface area contributed by atoms with Gasteiger partial charge in [0.05, 0.1) is 24.1 Å². The highest BCUT2D eigenvalue weighted by molar-refractivity contribution is 6.30. The average molecular weight is 390 g/mol. The van der Waals surface area contributed by atoms with E-state index in [1.165, 1.54) is 5.56 Å². The standard InChI is InChI=1S/C23H20ClN3O/c1-16-6-8-17(9-7-16)14-26-20-4-2-3-5-21(20)27(23(26)25)15-22(28)18-10-12-19(24)13-11-18/h2-13,25H,14-15H2,1H3. The Morgan fingerprint density at radius 1 is 0.893 bits per heavy atom. The van der Waals surface area contributed by atoms with Crippen LogP contribution in [0.5, 0.6) is 0 Å². The number of Topliss-reactive ketones (excluding diaryl/α,β-unsaturated/α-hetero) is 1. The molecule has 0 aliphatic heterocycles. The first-order valence-corrected chi connectivity index (χ1v) is 9.48. The zero-order valence-electron chi connectivity index (χ0n) is 15.5. The van der Waals surface area contributed by atoms with Crippen LogP contribution in [-0.4, -0.2) is 14.9 Å². The molecule has 4 rings (SSSR count). The van der Waals surface area contributed by atoms with Crippen molar-refractivity contribution in [2.45, 2.75) is 20.0 Å². The van der Waals surface area contributed by atoms with Gasteiger partial charge >= 0.3 is 0 Å². The summed E-state index contributed by atoms with van der Waals surface area (Å²) in [7, 11) is 0. The largest absolute Gasteiger partial charge is 0.306 e. The first kappa shape index (κ1) is 18.3. The highest BCUT2D eigenvalue weighted by Gasteiger charge is 2.14. The molecule has 1 aromatic heterocycles. The first-order valence-electron chi connectivity index (χ1n) is 9.10. The van der Waals surface area contributed by atoms with Crippen LogP contribution in [0.25, 0.3) is 11.0 Å². The van der Waals surface area contributed by atoms with Crippen LogP contribution in [0, 0.1) is 12.3 Å². The number of aryl methyl sites for hydroxylation is 1. The molecule has 0 aliphatic carbocycles. The van der Waals surface area contributed by atoms with Gasteiger partial charge in [-0.3, -0.25) is 10.2 Å². The zero-order valence-corrected chi connectivity index (χ0v) is 16.3. The summed E-state index contributed by atoms with van der Waals surface area (Å²) in [5.74, 6) is -0.0478. The Morgan fingerprint density at radius 2 is 1.50 bits per heavy atom. The van der Waals surface area contributed by atoms with Crippen molar-refractivity contribution < 1.29 is 4.79 Å². The van der Waals surface area contributed by atoms with Gasteiger partial charge in [0.2, 0.25) is 5.62 Å². The average Bonchev–Trinajstić information content (AvgIpc) is 2.96. The van der Waals surface area contributed by atoms with Gasteiger partial charge in [-0.25, -0.2) is 0 Å². The predicted octanol–water partition coefficient (Wildman–Crippen LogP) is 4.82. The van der Waals surface area contributed by atoms with E-state index in [9.17, 15) is 4.79 Å². The van der Waals surface area contributed by atoms with E-state index in [0.717, 1.165) is 16.6 Å². The van der Waals surface area contributed by atoms with E-state index in [1.807, 2.05) is 28.8 Å². The second kappa shape index (κ2) is 7.49. The van der Waals surface area contributed by atoms with Crippen LogP contribution in [0.2, 0.25) is 5.02 Å². The Balaban J connectivity index is 1.73. The number of rotatable bonds is 5. The van der Waals surface area contributed by atoms with Crippen LogP contribution < -0.4 is 5.62 Å². The number of nitrogens with one attached hydrogen (secondary N) is 1. The number of imidazole rings is 1. The fourth-order valence-electron chi connectivity index (χ4n) is 3.36. The molecule has 0 radical (unpaired) electrons. The van der Waals surface area contributed by atoms with Crippen molar-refractivity contribution in [3.63, 3.8) is 0 Å². The molecule has 140 valence electrons. The van der Waals surface area contributed by atoms with E-state index in [4.69, 9.17) is 17.0 Å². The minimum absolute atomic E-state index is 0.0478. The summed E-state index contributed by atoms with van der Waals surface area (Å²) in [6, 6.07) is 23.0. The summed E-state index contributed by atoms with van der Waals surface area (Å²) < 4.78 is 3.70. The molecule has 0 fully saturated rings. The molecule has 1 N–H and O–H groups in total. The van der Waals surface area contributed by atoms with Crippen molar-refractivity contribution >= 4 is 28.4 Å².